The third-order valence-electron chi connectivity index (χ3n) is 2.89. The second kappa shape index (κ2) is 13.6. The van der Waals surface area contributed by atoms with Crippen LogP contribution in [0.15, 0.2) is 41.9 Å². The third-order valence-corrected chi connectivity index (χ3v) is 2.89. The number of guanidine groups is 1. The Morgan fingerprint density at radius 2 is 1.95 bits per heavy atom. The van der Waals surface area contributed by atoms with Gasteiger partial charge in [-0.3, -0.25) is 0 Å². The Balaban J connectivity index is 0.00000441. The minimum atomic E-state index is 0. The Labute approximate surface area is 151 Å². The van der Waals surface area contributed by atoms with Crippen molar-refractivity contribution >= 4 is 29.9 Å². The molecule has 0 saturated carbocycles. The molecule has 0 aliphatic carbocycles. The first kappa shape index (κ1) is 20.9. The molecule has 2 N–H and O–H groups in total. The van der Waals surface area contributed by atoms with E-state index in [0.29, 0.717) is 19.7 Å². The van der Waals surface area contributed by atoms with E-state index in [1.807, 2.05) is 18.2 Å². The van der Waals surface area contributed by atoms with Crippen LogP contribution in [0.2, 0.25) is 0 Å². The van der Waals surface area contributed by atoms with Crippen molar-refractivity contribution in [3.05, 3.63) is 48.0 Å². The van der Waals surface area contributed by atoms with E-state index in [1.54, 1.807) is 0 Å². The van der Waals surface area contributed by atoms with Crippen molar-refractivity contribution in [2.24, 2.45) is 4.99 Å². The summed E-state index contributed by atoms with van der Waals surface area (Å²) in [5.41, 5.74) is 2.40. The van der Waals surface area contributed by atoms with Crippen LogP contribution < -0.4 is 10.6 Å². The standard InChI is InChI=1S/C17H27N3O.HI/c1-4-11-19-17(18-6-3)20-13-15-9-7-8-10-16(15)14-21-12-5-2;/h4,7-10H,1,5-6,11-14H2,2-3H3,(H2,18,19,20);1H. The highest BCUT2D eigenvalue weighted by Gasteiger charge is 2.02. The summed E-state index contributed by atoms with van der Waals surface area (Å²) >= 11 is 0. The maximum Gasteiger partial charge on any atom is 0.191 e. The number of ether oxygens (including phenoxy) is 1. The van der Waals surface area contributed by atoms with Crippen LogP contribution in [0.5, 0.6) is 0 Å². The summed E-state index contributed by atoms with van der Waals surface area (Å²) in [6.45, 7) is 11.5. The number of rotatable bonds is 9. The van der Waals surface area contributed by atoms with E-state index in [1.165, 1.54) is 11.1 Å². The van der Waals surface area contributed by atoms with Crippen LogP contribution in [0.3, 0.4) is 0 Å². The van der Waals surface area contributed by atoms with Gasteiger partial charge in [0.2, 0.25) is 0 Å². The molecule has 5 heteroatoms. The Morgan fingerprint density at radius 3 is 2.59 bits per heavy atom. The summed E-state index contributed by atoms with van der Waals surface area (Å²) in [5.74, 6) is 0.807. The molecule has 1 aromatic carbocycles. The lowest BCUT2D eigenvalue weighted by Crippen LogP contribution is -2.37. The van der Waals surface area contributed by atoms with Crippen molar-refractivity contribution in [2.75, 3.05) is 19.7 Å². The van der Waals surface area contributed by atoms with Gasteiger partial charge >= 0.3 is 0 Å². The first-order valence-electron chi connectivity index (χ1n) is 7.59. The smallest absolute Gasteiger partial charge is 0.191 e. The van der Waals surface area contributed by atoms with Gasteiger partial charge in [-0.15, -0.1) is 30.6 Å². The third kappa shape index (κ3) is 8.38. The highest BCUT2D eigenvalue weighted by Crippen LogP contribution is 2.11. The summed E-state index contributed by atoms with van der Waals surface area (Å²) in [6, 6.07) is 8.28. The van der Waals surface area contributed by atoms with Gasteiger partial charge in [0.25, 0.3) is 0 Å². The molecule has 0 amide bonds. The zero-order valence-electron chi connectivity index (χ0n) is 13.6. The monoisotopic (exact) mass is 417 g/mol. The van der Waals surface area contributed by atoms with Crippen molar-refractivity contribution in [1.29, 1.82) is 0 Å². The van der Waals surface area contributed by atoms with Crippen LogP contribution in [0.4, 0.5) is 0 Å². The maximum absolute atomic E-state index is 5.64. The Kier molecular flexibility index (Phi) is 12.9. The number of aliphatic imine (C=N–C) groups is 1. The topological polar surface area (TPSA) is 45.7 Å². The van der Waals surface area contributed by atoms with Crippen molar-refractivity contribution in [1.82, 2.24) is 10.6 Å². The van der Waals surface area contributed by atoms with Crippen molar-refractivity contribution in [3.8, 4) is 0 Å². The van der Waals surface area contributed by atoms with Gasteiger partial charge < -0.3 is 15.4 Å². The van der Waals surface area contributed by atoms with Crippen LogP contribution in [-0.4, -0.2) is 25.7 Å². The summed E-state index contributed by atoms with van der Waals surface area (Å²) in [6.07, 6.45) is 2.86. The molecule has 0 saturated heterocycles. The highest BCUT2D eigenvalue weighted by molar-refractivity contribution is 14.0. The molecular weight excluding hydrogens is 389 g/mol. The predicted molar refractivity (Wildman–Crippen MR) is 105 cm³/mol. The minimum Gasteiger partial charge on any atom is -0.377 e. The summed E-state index contributed by atoms with van der Waals surface area (Å²) in [4.78, 5) is 4.60. The predicted octanol–water partition coefficient (Wildman–Crippen LogP) is 3.47. The molecule has 1 rings (SSSR count). The lowest BCUT2D eigenvalue weighted by atomic mass is 10.1. The molecule has 0 spiro atoms. The lowest BCUT2D eigenvalue weighted by Gasteiger charge is -2.11. The van der Waals surface area contributed by atoms with Crippen LogP contribution in [0.1, 0.15) is 31.4 Å². The molecule has 0 bridgehead atoms. The van der Waals surface area contributed by atoms with Gasteiger partial charge in [0.05, 0.1) is 13.2 Å². The van der Waals surface area contributed by atoms with Crippen LogP contribution >= 0.6 is 24.0 Å². The molecule has 0 aromatic heterocycles. The molecule has 0 radical (unpaired) electrons. The fraction of sp³-hybridized carbons (Fsp3) is 0.471. The number of nitrogens with one attached hydrogen (secondary N) is 2. The van der Waals surface area contributed by atoms with Gasteiger partial charge in [-0.05, 0) is 24.5 Å². The molecule has 4 nitrogen and oxygen atoms in total. The Morgan fingerprint density at radius 1 is 1.23 bits per heavy atom. The van der Waals surface area contributed by atoms with Crippen LogP contribution in [-0.2, 0) is 17.9 Å². The van der Waals surface area contributed by atoms with Crippen molar-refractivity contribution < 1.29 is 4.74 Å². The SMILES string of the molecule is C=CCNC(=NCc1ccccc1COCCC)NCC.I. The molecule has 0 unspecified atom stereocenters. The average Bonchev–Trinajstić information content (AvgIpc) is 2.51. The van der Waals surface area contributed by atoms with E-state index in [2.05, 4.69) is 48.2 Å². The molecule has 124 valence electrons. The average molecular weight is 417 g/mol. The largest absolute Gasteiger partial charge is 0.377 e. The first-order valence-corrected chi connectivity index (χ1v) is 7.59. The second-order valence-corrected chi connectivity index (χ2v) is 4.69. The summed E-state index contributed by atoms with van der Waals surface area (Å²) in [5, 5.41) is 6.42. The quantitative estimate of drug-likeness (QED) is 0.213. The van der Waals surface area contributed by atoms with E-state index in [0.717, 1.165) is 25.5 Å². The number of nitrogens with zero attached hydrogens (tertiary/aromatic N) is 1. The number of benzene rings is 1. The number of hydrogen-bond acceptors (Lipinski definition) is 2. The van der Waals surface area contributed by atoms with Crippen LogP contribution in [0.25, 0.3) is 0 Å². The maximum atomic E-state index is 5.64. The van der Waals surface area contributed by atoms with Gasteiger partial charge in [-0.25, -0.2) is 4.99 Å². The van der Waals surface area contributed by atoms with Crippen LogP contribution in [0, 0.1) is 0 Å². The molecule has 0 atom stereocenters. The van der Waals surface area contributed by atoms with Gasteiger partial charge in [-0.2, -0.15) is 0 Å². The van der Waals surface area contributed by atoms with E-state index in [4.69, 9.17) is 4.74 Å². The molecule has 1 aromatic rings. The van der Waals surface area contributed by atoms with E-state index in [9.17, 15) is 0 Å². The van der Waals surface area contributed by atoms with E-state index in [-0.39, 0.29) is 24.0 Å². The van der Waals surface area contributed by atoms with E-state index < -0.39 is 0 Å². The normalized spacial score (nSPS) is 10.7. The van der Waals surface area contributed by atoms with Gasteiger partial charge in [0.1, 0.15) is 0 Å². The summed E-state index contributed by atoms with van der Waals surface area (Å²) < 4.78 is 5.64. The fourth-order valence-electron chi connectivity index (χ4n) is 1.85. The number of halogens is 1. The highest BCUT2D eigenvalue weighted by atomic mass is 127. The fourth-order valence-corrected chi connectivity index (χ4v) is 1.85. The minimum absolute atomic E-state index is 0. The lowest BCUT2D eigenvalue weighted by molar-refractivity contribution is 0.121. The van der Waals surface area contributed by atoms with Gasteiger partial charge in [-0.1, -0.05) is 37.3 Å². The summed E-state index contributed by atoms with van der Waals surface area (Å²) in [7, 11) is 0. The Hall–Kier alpha value is -1.08. The molecular formula is C17H28IN3O. The second-order valence-electron chi connectivity index (χ2n) is 4.69. The molecule has 22 heavy (non-hydrogen) atoms. The molecule has 0 heterocycles. The first-order chi connectivity index (χ1) is 10.3. The van der Waals surface area contributed by atoms with Crippen molar-refractivity contribution in [2.45, 2.75) is 33.4 Å². The zero-order chi connectivity index (χ0) is 15.3. The Bertz CT molecular complexity index is 449. The number of hydrogen-bond donors (Lipinski definition) is 2. The van der Waals surface area contributed by atoms with Gasteiger partial charge in [0.15, 0.2) is 5.96 Å². The molecule has 0 fully saturated rings. The zero-order valence-corrected chi connectivity index (χ0v) is 15.9. The van der Waals surface area contributed by atoms with E-state index >= 15 is 0 Å². The molecule has 0 aliphatic rings. The molecule has 0 aliphatic heterocycles. The van der Waals surface area contributed by atoms with Gasteiger partial charge in [0, 0.05) is 19.7 Å². The van der Waals surface area contributed by atoms with Crippen molar-refractivity contribution in [3.63, 3.8) is 0 Å².